The van der Waals surface area contributed by atoms with Crippen LogP contribution in [0.25, 0.3) is 11.0 Å². The van der Waals surface area contributed by atoms with E-state index in [1.165, 1.54) is 0 Å². The third-order valence-corrected chi connectivity index (χ3v) is 6.38. The van der Waals surface area contributed by atoms with Gasteiger partial charge in [0.2, 0.25) is 6.04 Å². The largest absolute Gasteiger partial charge is 0.486 e. The predicted octanol–water partition coefficient (Wildman–Crippen LogP) is 3.59. The predicted molar refractivity (Wildman–Crippen MR) is 125 cm³/mol. The fourth-order valence-electron chi connectivity index (χ4n) is 4.20. The second-order valence-electron chi connectivity index (χ2n) is 8.46. The van der Waals surface area contributed by atoms with E-state index in [9.17, 15) is 14.8 Å². The minimum atomic E-state index is -1.41. The molecule has 2 aliphatic rings. The fourth-order valence-corrected chi connectivity index (χ4v) is 4.38. The van der Waals surface area contributed by atoms with Crippen LogP contribution in [0.3, 0.4) is 0 Å². The quantitative estimate of drug-likeness (QED) is 0.469. The third kappa shape index (κ3) is 4.59. The molecule has 10 heteroatoms. The number of fused-ring (bicyclic) bond motifs is 2. The second-order valence-corrected chi connectivity index (χ2v) is 8.89. The van der Waals surface area contributed by atoms with Gasteiger partial charge in [-0.2, -0.15) is 0 Å². The van der Waals surface area contributed by atoms with Gasteiger partial charge in [0.25, 0.3) is 5.91 Å². The van der Waals surface area contributed by atoms with Gasteiger partial charge in [0.1, 0.15) is 30.7 Å². The van der Waals surface area contributed by atoms with E-state index < -0.39 is 24.1 Å². The first-order valence-corrected chi connectivity index (χ1v) is 11.5. The molecule has 1 amide bonds. The third-order valence-electron chi connectivity index (χ3n) is 6.14. The molecule has 2 aliphatic heterocycles. The number of carbonyl (C=O) groups excluding carboxylic acids is 1. The van der Waals surface area contributed by atoms with Gasteiger partial charge < -0.3 is 29.2 Å². The molecular formula is C24H24ClN3O6. The Kier molecular flexibility index (Phi) is 6.40. The standard InChI is InChI=1S/C24H24ClN3O6/c25-16-3-5-18-15(10-16)12-21(34-18)22(27-31)24(30)26-17(13-28-6-1-7-28)23(29)14-2-4-19-20(11-14)33-9-8-32-19/h2-5,10-12,17,22-23,29H,1,6-9,13H2,(H,26,30). The number of amides is 1. The number of halogens is 1. The van der Waals surface area contributed by atoms with Gasteiger partial charge in [-0.1, -0.05) is 17.7 Å². The smallest absolute Gasteiger partial charge is 0.256 e. The molecule has 2 aromatic carbocycles. The number of nitroso groups, excluding NO2 is 1. The van der Waals surface area contributed by atoms with Crippen molar-refractivity contribution in [3.8, 4) is 11.5 Å². The highest BCUT2D eigenvalue weighted by molar-refractivity contribution is 6.31. The van der Waals surface area contributed by atoms with Crippen molar-refractivity contribution in [2.24, 2.45) is 5.18 Å². The average molecular weight is 486 g/mol. The van der Waals surface area contributed by atoms with Crippen LogP contribution >= 0.6 is 11.6 Å². The van der Waals surface area contributed by atoms with Gasteiger partial charge in [-0.15, -0.1) is 4.91 Å². The van der Waals surface area contributed by atoms with Crippen molar-refractivity contribution in [1.29, 1.82) is 0 Å². The maximum absolute atomic E-state index is 13.1. The zero-order chi connectivity index (χ0) is 23.7. The van der Waals surface area contributed by atoms with Gasteiger partial charge in [0, 0.05) is 17.0 Å². The maximum atomic E-state index is 13.1. The number of likely N-dealkylation sites (tertiary alicyclic amines) is 1. The van der Waals surface area contributed by atoms with Gasteiger partial charge >= 0.3 is 0 Å². The van der Waals surface area contributed by atoms with Crippen molar-refractivity contribution in [3.63, 3.8) is 0 Å². The van der Waals surface area contributed by atoms with Gasteiger partial charge in [0.15, 0.2) is 11.5 Å². The van der Waals surface area contributed by atoms with Crippen LogP contribution in [-0.2, 0) is 4.79 Å². The molecule has 1 fully saturated rings. The van der Waals surface area contributed by atoms with Crippen LogP contribution in [0.2, 0.25) is 5.02 Å². The van der Waals surface area contributed by atoms with E-state index in [0.29, 0.717) is 52.8 Å². The van der Waals surface area contributed by atoms with E-state index in [1.807, 2.05) is 0 Å². The minimum Gasteiger partial charge on any atom is -0.486 e. The number of benzene rings is 2. The molecule has 0 aliphatic carbocycles. The summed E-state index contributed by atoms with van der Waals surface area (Å²) in [6.07, 6.45) is 0.0167. The molecule has 178 valence electrons. The van der Waals surface area contributed by atoms with Crippen molar-refractivity contribution in [2.45, 2.75) is 24.6 Å². The first-order chi connectivity index (χ1) is 16.5. The Hall–Kier alpha value is -3.14. The van der Waals surface area contributed by atoms with E-state index in [-0.39, 0.29) is 5.76 Å². The van der Waals surface area contributed by atoms with Crippen molar-refractivity contribution < 1.29 is 23.8 Å². The topological polar surface area (TPSA) is 114 Å². The molecule has 0 bridgehead atoms. The van der Waals surface area contributed by atoms with Crippen LogP contribution in [0.15, 0.2) is 52.1 Å². The lowest BCUT2D eigenvalue weighted by Gasteiger charge is -2.36. The summed E-state index contributed by atoms with van der Waals surface area (Å²) in [6, 6.07) is 9.70. The molecule has 0 radical (unpaired) electrons. The summed E-state index contributed by atoms with van der Waals surface area (Å²) in [5.41, 5.74) is 1.07. The first kappa shape index (κ1) is 22.6. The monoisotopic (exact) mass is 485 g/mol. The Morgan fingerprint density at radius 1 is 1.12 bits per heavy atom. The molecule has 34 heavy (non-hydrogen) atoms. The Balaban J connectivity index is 1.37. The van der Waals surface area contributed by atoms with E-state index in [4.69, 9.17) is 25.5 Å². The van der Waals surface area contributed by atoms with E-state index >= 15 is 0 Å². The van der Waals surface area contributed by atoms with Crippen LogP contribution in [-0.4, -0.2) is 54.8 Å². The Bertz CT molecular complexity index is 1210. The van der Waals surface area contributed by atoms with Crippen LogP contribution in [0.5, 0.6) is 11.5 Å². The van der Waals surface area contributed by atoms with Crippen molar-refractivity contribution >= 4 is 28.5 Å². The summed E-state index contributed by atoms with van der Waals surface area (Å²) in [6.45, 7) is 3.06. The van der Waals surface area contributed by atoms with Crippen molar-refractivity contribution in [2.75, 3.05) is 32.8 Å². The molecule has 0 saturated carbocycles. The lowest BCUT2D eigenvalue weighted by molar-refractivity contribution is -0.124. The molecule has 1 aromatic heterocycles. The molecule has 3 unspecified atom stereocenters. The molecule has 3 atom stereocenters. The van der Waals surface area contributed by atoms with Gasteiger partial charge in [-0.3, -0.25) is 4.79 Å². The normalized spacial score (nSPS) is 18.1. The SMILES string of the molecule is O=NC(C(=O)NC(CN1CCC1)C(O)c1ccc2c(c1)OCCO2)c1cc2cc(Cl)ccc2o1. The van der Waals surface area contributed by atoms with E-state index in [1.54, 1.807) is 42.5 Å². The minimum absolute atomic E-state index is 0.112. The number of carbonyl (C=O) groups is 1. The number of rotatable bonds is 8. The molecular weight excluding hydrogens is 462 g/mol. The molecule has 0 spiro atoms. The number of furan rings is 1. The Morgan fingerprint density at radius 3 is 2.65 bits per heavy atom. The molecule has 2 N–H and O–H groups in total. The molecule has 3 aromatic rings. The van der Waals surface area contributed by atoms with E-state index in [0.717, 1.165) is 19.5 Å². The Morgan fingerprint density at radius 2 is 1.91 bits per heavy atom. The van der Waals surface area contributed by atoms with Crippen molar-refractivity contribution in [1.82, 2.24) is 10.2 Å². The van der Waals surface area contributed by atoms with Crippen molar-refractivity contribution in [3.05, 3.63) is 63.7 Å². The molecule has 9 nitrogen and oxygen atoms in total. The van der Waals surface area contributed by atoms with Gasteiger partial charge in [-0.05, 0) is 66.6 Å². The number of aliphatic hydroxyl groups is 1. The summed E-state index contributed by atoms with van der Waals surface area (Å²) in [4.78, 5) is 26.9. The highest BCUT2D eigenvalue weighted by Gasteiger charge is 2.33. The summed E-state index contributed by atoms with van der Waals surface area (Å²) in [7, 11) is 0. The molecule has 3 heterocycles. The molecule has 1 saturated heterocycles. The summed E-state index contributed by atoms with van der Waals surface area (Å²) < 4.78 is 16.9. The lowest BCUT2D eigenvalue weighted by Crippen LogP contribution is -2.51. The summed E-state index contributed by atoms with van der Waals surface area (Å²) in [5, 5.41) is 18.2. The number of aliphatic hydroxyl groups excluding tert-OH is 1. The number of nitrogens with one attached hydrogen (secondary N) is 1. The van der Waals surface area contributed by atoms with Crippen LogP contribution in [0.4, 0.5) is 0 Å². The van der Waals surface area contributed by atoms with Crippen LogP contribution in [0, 0.1) is 4.91 Å². The zero-order valence-electron chi connectivity index (χ0n) is 18.3. The number of nitrogens with zero attached hydrogens (tertiary/aromatic N) is 2. The van der Waals surface area contributed by atoms with Gasteiger partial charge in [-0.25, -0.2) is 0 Å². The molecule has 5 rings (SSSR count). The van der Waals surface area contributed by atoms with Crippen LogP contribution < -0.4 is 14.8 Å². The van der Waals surface area contributed by atoms with E-state index in [2.05, 4.69) is 15.4 Å². The highest BCUT2D eigenvalue weighted by Crippen LogP contribution is 2.34. The average Bonchev–Trinajstić information content (AvgIpc) is 3.22. The zero-order valence-corrected chi connectivity index (χ0v) is 19.0. The Labute approximate surface area is 200 Å². The highest BCUT2D eigenvalue weighted by atomic mass is 35.5. The number of ether oxygens (including phenoxy) is 2. The first-order valence-electron chi connectivity index (χ1n) is 11.1. The number of hydrogen-bond acceptors (Lipinski definition) is 8. The fraction of sp³-hybridized carbons (Fsp3) is 0.375. The van der Waals surface area contributed by atoms with Crippen LogP contribution in [0.1, 0.15) is 29.9 Å². The maximum Gasteiger partial charge on any atom is 0.256 e. The van der Waals surface area contributed by atoms with Gasteiger partial charge in [0.05, 0.1) is 6.04 Å². The number of hydrogen-bond donors (Lipinski definition) is 2. The summed E-state index contributed by atoms with van der Waals surface area (Å²) in [5.74, 6) is 0.620. The second kappa shape index (κ2) is 9.61. The summed E-state index contributed by atoms with van der Waals surface area (Å²) >= 11 is 6.02. The lowest BCUT2D eigenvalue weighted by atomic mass is 9.99.